The molecule has 0 atom stereocenters. The molecule has 0 aliphatic carbocycles. The van der Waals surface area contributed by atoms with E-state index in [0.717, 1.165) is 8.66 Å². The van der Waals surface area contributed by atoms with Crippen molar-refractivity contribution >= 4 is 54.5 Å². The first kappa shape index (κ1) is 9.37. The van der Waals surface area contributed by atoms with Gasteiger partial charge in [0.05, 0.1) is 8.66 Å². The Balaban J connectivity index is 2.76. The highest BCUT2D eigenvalue weighted by atomic mass is 79.9. The smallest absolute Gasteiger partial charge is 0.169 e. The van der Waals surface area contributed by atoms with E-state index in [1.165, 1.54) is 15.0 Å². The predicted octanol–water partition coefficient (Wildman–Crippen LogP) is 4.24. The number of Topliss-reactive ketones (excluding diaryl/α,β-unsaturated/α-hetero) is 1. The van der Waals surface area contributed by atoms with Gasteiger partial charge in [0.15, 0.2) is 5.78 Å². The third-order valence-corrected chi connectivity index (χ3v) is 5.16. The first-order chi connectivity index (χ1) is 6.09. The minimum atomic E-state index is 0.150. The van der Waals surface area contributed by atoms with Gasteiger partial charge in [-0.15, -0.1) is 22.7 Å². The highest BCUT2D eigenvalue weighted by molar-refractivity contribution is 9.11. The van der Waals surface area contributed by atoms with Crippen LogP contribution in [0, 0.1) is 6.92 Å². The molecule has 2 heterocycles. The van der Waals surface area contributed by atoms with Gasteiger partial charge < -0.3 is 0 Å². The van der Waals surface area contributed by atoms with Gasteiger partial charge in [-0.3, -0.25) is 4.79 Å². The molecular weight excluding hydrogens is 268 g/mol. The van der Waals surface area contributed by atoms with Crippen molar-refractivity contribution in [2.45, 2.75) is 13.8 Å². The Labute approximate surface area is 92.5 Å². The number of fused-ring (bicyclic) bond motifs is 1. The summed E-state index contributed by atoms with van der Waals surface area (Å²) >= 11 is 6.80. The minimum Gasteiger partial charge on any atom is -0.294 e. The quantitative estimate of drug-likeness (QED) is 0.711. The third kappa shape index (κ3) is 1.47. The highest BCUT2D eigenvalue weighted by Gasteiger charge is 2.12. The van der Waals surface area contributed by atoms with Gasteiger partial charge in [0.25, 0.3) is 0 Å². The Morgan fingerprint density at radius 2 is 2.15 bits per heavy atom. The van der Waals surface area contributed by atoms with E-state index >= 15 is 0 Å². The van der Waals surface area contributed by atoms with Crippen molar-refractivity contribution in [2.24, 2.45) is 0 Å². The van der Waals surface area contributed by atoms with Crippen molar-refractivity contribution in [3.63, 3.8) is 0 Å². The average molecular weight is 275 g/mol. The number of carbonyl (C=O) groups is 1. The molecule has 0 aliphatic rings. The van der Waals surface area contributed by atoms with Gasteiger partial charge in [-0.25, -0.2) is 0 Å². The molecule has 0 aromatic carbocycles. The largest absolute Gasteiger partial charge is 0.294 e. The average Bonchev–Trinajstić information content (AvgIpc) is 2.55. The maximum atomic E-state index is 11.1. The van der Waals surface area contributed by atoms with Crippen LogP contribution >= 0.6 is 38.6 Å². The number of carbonyl (C=O) groups excluding carboxylic acids is 1. The van der Waals surface area contributed by atoms with Crippen LogP contribution in [0.25, 0.3) is 10.1 Å². The van der Waals surface area contributed by atoms with E-state index in [-0.39, 0.29) is 5.78 Å². The van der Waals surface area contributed by atoms with Gasteiger partial charge in [-0.1, -0.05) is 0 Å². The summed E-state index contributed by atoms with van der Waals surface area (Å²) in [5.41, 5.74) is 0. The Bertz CT molecular complexity index is 446. The van der Waals surface area contributed by atoms with Crippen molar-refractivity contribution in [1.29, 1.82) is 0 Å². The van der Waals surface area contributed by atoms with E-state index in [4.69, 9.17) is 0 Å². The molecule has 0 saturated heterocycles. The summed E-state index contributed by atoms with van der Waals surface area (Å²) in [5, 5.41) is 1.18. The first-order valence-electron chi connectivity index (χ1n) is 3.79. The molecule has 0 spiro atoms. The molecule has 4 heteroatoms. The zero-order valence-electron chi connectivity index (χ0n) is 7.18. The minimum absolute atomic E-state index is 0.150. The van der Waals surface area contributed by atoms with Crippen LogP contribution < -0.4 is 0 Å². The number of halogens is 1. The third-order valence-electron chi connectivity index (χ3n) is 1.85. The number of aryl methyl sites for hydroxylation is 1. The Morgan fingerprint density at radius 1 is 1.46 bits per heavy atom. The summed E-state index contributed by atoms with van der Waals surface area (Å²) in [6.07, 6.45) is 0. The SMILES string of the molecule is CC(=O)c1cc2c(Br)sc(C)c2s1. The Kier molecular flexibility index (Phi) is 2.30. The van der Waals surface area contributed by atoms with E-state index in [9.17, 15) is 4.79 Å². The molecule has 0 N–H and O–H groups in total. The Morgan fingerprint density at radius 3 is 2.69 bits per heavy atom. The van der Waals surface area contributed by atoms with E-state index < -0.39 is 0 Å². The summed E-state index contributed by atoms with van der Waals surface area (Å²) in [6, 6.07) is 1.97. The normalized spacial score (nSPS) is 11.0. The molecule has 0 fully saturated rings. The second-order valence-electron chi connectivity index (χ2n) is 2.84. The van der Waals surface area contributed by atoms with Crippen molar-refractivity contribution in [3.8, 4) is 0 Å². The van der Waals surface area contributed by atoms with Gasteiger partial charge in [-0.05, 0) is 35.8 Å². The fourth-order valence-electron chi connectivity index (χ4n) is 1.21. The van der Waals surface area contributed by atoms with Crippen LogP contribution in [-0.2, 0) is 0 Å². The summed E-state index contributed by atoms with van der Waals surface area (Å²) in [7, 11) is 0. The summed E-state index contributed by atoms with van der Waals surface area (Å²) in [5.74, 6) is 0.150. The van der Waals surface area contributed by atoms with E-state index in [2.05, 4.69) is 22.9 Å². The van der Waals surface area contributed by atoms with Crippen molar-refractivity contribution in [1.82, 2.24) is 0 Å². The molecule has 1 nitrogen and oxygen atoms in total. The molecule has 0 saturated carbocycles. The molecule has 2 aromatic rings. The molecular formula is C9H7BrOS2. The zero-order valence-corrected chi connectivity index (χ0v) is 10.4. The molecule has 0 bridgehead atoms. The predicted molar refractivity (Wildman–Crippen MR) is 62.1 cm³/mol. The second kappa shape index (κ2) is 3.19. The van der Waals surface area contributed by atoms with Crippen molar-refractivity contribution in [3.05, 3.63) is 19.6 Å². The van der Waals surface area contributed by atoms with Crippen LogP contribution in [0.5, 0.6) is 0 Å². The standard InChI is InChI=1S/C9H7BrOS2/c1-4(11)7-3-6-8(13-7)5(2)12-9(6)10/h3H,1-2H3. The number of thiophene rings is 2. The molecule has 13 heavy (non-hydrogen) atoms. The van der Waals surface area contributed by atoms with E-state index in [0.29, 0.717) is 0 Å². The topological polar surface area (TPSA) is 17.1 Å². The first-order valence-corrected chi connectivity index (χ1v) is 6.21. The molecule has 0 unspecified atom stereocenters. The maximum Gasteiger partial charge on any atom is 0.169 e. The second-order valence-corrected chi connectivity index (χ2v) is 6.44. The monoisotopic (exact) mass is 274 g/mol. The van der Waals surface area contributed by atoms with Crippen LogP contribution in [0.1, 0.15) is 21.5 Å². The molecule has 0 amide bonds. The van der Waals surface area contributed by atoms with Crippen molar-refractivity contribution in [2.75, 3.05) is 0 Å². The summed E-state index contributed by atoms with van der Waals surface area (Å²) in [4.78, 5) is 13.3. The van der Waals surface area contributed by atoms with Gasteiger partial charge in [0, 0.05) is 15.0 Å². The molecule has 0 radical (unpaired) electrons. The number of rotatable bonds is 1. The fraction of sp³-hybridized carbons (Fsp3) is 0.222. The lowest BCUT2D eigenvalue weighted by Gasteiger charge is -1.84. The van der Waals surface area contributed by atoms with Crippen LogP contribution in [-0.4, -0.2) is 5.78 Å². The van der Waals surface area contributed by atoms with Crippen molar-refractivity contribution < 1.29 is 4.79 Å². The maximum absolute atomic E-state index is 11.1. The molecule has 2 aromatic heterocycles. The molecule has 2 rings (SSSR count). The number of hydrogen-bond donors (Lipinski definition) is 0. The number of ketones is 1. The molecule has 0 aliphatic heterocycles. The molecule has 68 valence electrons. The van der Waals surface area contributed by atoms with Crippen LogP contribution in [0.3, 0.4) is 0 Å². The number of hydrogen-bond acceptors (Lipinski definition) is 3. The van der Waals surface area contributed by atoms with Gasteiger partial charge in [-0.2, -0.15) is 0 Å². The summed E-state index contributed by atoms with van der Waals surface area (Å²) in [6.45, 7) is 3.69. The summed E-state index contributed by atoms with van der Waals surface area (Å²) < 4.78 is 2.37. The Hall–Kier alpha value is -0.190. The lowest BCUT2D eigenvalue weighted by atomic mass is 10.3. The van der Waals surface area contributed by atoms with Gasteiger partial charge in [0.1, 0.15) is 0 Å². The fourth-order valence-corrected chi connectivity index (χ4v) is 4.39. The highest BCUT2D eigenvalue weighted by Crippen LogP contribution is 2.40. The van der Waals surface area contributed by atoms with Gasteiger partial charge >= 0.3 is 0 Å². The van der Waals surface area contributed by atoms with E-state index in [1.54, 1.807) is 29.6 Å². The lowest BCUT2D eigenvalue weighted by molar-refractivity contribution is 0.102. The van der Waals surface area contributed by atoms with Crippen LogP contribution in [0.4, 0.5) is 0 Å². The van der Waals surface area contributed by atoms with Crippen LogP contribution in [0.2, 0.25) is 0 Å². The van der Waals surface area contributed by atoms with Gasteiger partial charge in [0.2, 0.25) is 0 Å². The zero-order chi connectivity index (χ0) is 9.59. The van der Waals surface area contributed by atoms with E-state index in [1.807, 2.05) is 6.07 Å². The van der Waals surface area contributed by atoms with Crippen LogP contribution in [0.15, 0.2) is 9.85 Å². The lowest BCUT2D eigenvalue weighted by Crippen LogP contribution is -1.83.